The summed E-state index contributed by atoms with van der Waals surface area (Å²) in [6.45, 7) is 2.15. The average molecular weight is 844 g/mol. The Hall–Kier alpha value is -8.66. The van der Waals surface area contributed by atoms with Gasteiger partial charge in [-0.1, -0.05) is 169 Å². The molecule has 0 saturated heterocycles. The monoisotopic (exact) mass is 843 g/mol. The molecule has 0 aliphatic rings. The number of hydrogen-bond donors (Lipinski definition) is 0. The molecule has 0 saturated carbocycles. The van der Waals surface area contributed by atoms with Crippen molar-refractivity contribution in [1.82, 2.24) is 4.57 Å². The minimum Gasteiger partial charge on any atom is -0.310 e. The maximum atomic E-state index is 2.42. The van der Waals surface area contributed by atoms with Crippen molar-refractivity contribution in [3.05, 3.63) is 260 Å². The van der Waals surface area contributed by atoms with Crippen LogP contribution >= 0.6 is 0 Å². The smallest absolute Gasteiger partial charge is 0.0542 e. The molecule has 3 heteroatoms. The zero-order chi connectivity index (χ0) is 44.0. The van der Waals surface area contributed by atoms with Gasteiger partial charge in [-0.15, -0.1) is 0 Å². The summed E-state index contributed by atoms with van der Waals surface area (Å²) in [5.41, 5.74) is 16.2. The lowest BCUT2D eigenvalue weighted by molar-refractivity contribution is 1.18. The van der Waals surface area contributed by atoms with Gasteiger partial charge in [0.05, 0.1) is 16.7 Å². The van der Waals surface area contributed by atoms with E-state index in [4.69, 9.17) is 0 Å². The molecule has 0 fully saturated rings. The van der Waals surface area contributed by atoms with Crippen molar-refractivity contribution in [2.75, 3.05) is 9.80 Å². The molecule has 12 rings (SSSR count). The molecule has 0 spiro atoms. The van der Waals surface area contributed by atoms with Gasteiger partial charge >= 0.3 is 0 Å². The lowest BCUT2D eigenvalue weighted by atomic mass is 9.96. The molecule has 0 radical (unpaired) electrons. The zero-order valence-corrected chi connectivity index (χ0v) is 36.6. The molecule has 66 heavy (non-hydrogen) atoms. The van der Waals surface area contributed by atoms with E-state index >= 15 is 0 Å². The van der Waals surface area contributed by atoms with Crippen LogP contribution in [-0.2, 0) is 0 Å². The quantitative estimate of drug-likeness (QED) is 0.143. The minimum absolute atomic E-state index is 1.09. The van der Waals surface area contributed by atoms with Gasteiger partial charge in [-0.3, -0.25) is 0 Å². The molecule has 1 aromatic heterocycles. The van der Waals surface area contributed by atoms with E-state index in [9.17, 15) is 0 Å². The van der Waals surface area contributed by atoms with Crippen LogP contribution in [0.15, 0.2) is 255 Å². The third-order valence-corrected chi connectivity index (χ3v) is 13.0. The number of anilines is 6. The summed E-state index contributed by atoms with van der Waals surface area (Å²) in [6.07, 6.45) is 0. The van der Waals surface area contributed by atoms with Gasteiger partial charge in [0, 0.05) is 50.3 Å². The van der Waals surface area contributed by atoms with Crippen LogP contribution in [0.2, 0.25) is 0 Å². The largest absolute Gasteiger partial charge is 0.310 e. The van der Waals surface area contributed by atoms with Gasteiger partial charge in [0.2, 0.25) is 0 Å². The number of para-hydroxylation sites is 2. The Morgan fingerprint density at radius 1 is 0.303 bits per heavy atom. The molecule has 1 heterocycles. The van der Waals surface area contributed by atoms with E-state index in [-0.39, 0.29) is 0 Å². The van der Waals surface area contributed by atoms with E-state index in [2.05, 4.69) is 276 Å². The van der Waals surface area contributed by atoms with Crippen molar-refractivity contribution in [2.45, 2.75) is 6.92 Å². The van der Waals surface area contributed by atoms with Crippen LogP contribution in [0.1, 0.15) is 5.56 Å². The summed E-state index contributed by atoms with van der Waals surface area (Å²) in [7, 11) is 0. The number of hydrogen-bond acceptors (Lipinski definition) is 2. The van der Waals surface area contributed by atoms with E-state index in [1.807, 2.05) is 0 Å². The van der Waals surface area contributed by atoms with Gasteiger partial charge in [-0.2, -0.15) is 0 Å². The molecule has 0 atom stereocenters. The Bertz CT molecular complexity index is 3690. The van der Waals surface area contributed by atoms with Gasteiger partial charge < -0.3 is 14.4 Å². The molecular formula is C63H45N3. The fraction of sp³-hybridized carbons (Fsp3) is 0.0159. The van der Waals surface area contributed by atoms with Crippen LogP contribution in [0.3, 0.4) is 0 Å². The lowest BCUT2D eigenvalue weighted by Crippen LogP contribution is -2.11. The number of nitrogens with zero attached hydrogens (tertiary/aromatic N) is 3. The number of aromatic nitrogens is 1. The molecule has 11 aromatic carbocycles. The minimum atomic E-state index is 1.09. The number of aryl methyl sites for hydroxylation is 1. The second kappa shape index (κ2) is 16.5. The van der Waals surface area contributed by atoms with Crippen molar-refractivity contribution in [1.29, 1.82) is 0 Å². The topological polar surface area (TPSA) is 11.4 Å². The van der Waals surface area contributed by atoms with Crippen molar-refractivity contribution >= 4 is 77.5 Å². The van der Waals surface area contributed by atoms with Crippen LogP contribution in [0.5, 0.6) is 0 Å². The molecule has 0 unspecified atom stereocenters. The Balaban J connectivity index is 0.963. The first-order chi connectivity index (χ1) is 32.6. The van der Waals surface area contributed by atoms with Crippen LogP contribution < -0.4 is 9.80 Å². The van der Waals surface area contributed by atoms with Gasteiger partial charge in [0.15, 0.2) is 0 Å². The normalized spacial score (nSPS) is 11.4. The standard InChI is InChI=1S/C63H45N3/c1-44-24-31-53(32-25-44)65(55-38-40-63-60(43-55)59-22-12-13-23-61(59)66(63)50-18-6-3-7-19-50)62-41-39-56(57-20-10-11-21-58(57)62)48-29-35-52(36-30-48)64(54-37-28-46-16-8-9-17-49(46)42-54)51-33-26-47(27-34-51)45-14-4-2-5-15-45/h2-43H,1H3. The Kier molecular flexibility index (Phi) is 9.73. The number of benzene rings is 11. The summed E-state index contributed by atoms with van der Waals surface area (Å²) in [5.74, 6) is 0. The van der Waals surface area contributed by atoms with Crippen LogP contribution in [0.25, 0.3) is 71.3 Å². The number of rotatable bonds is 9. The van der Waals surface area contributed by atoms with E-state index in [0.29, 0.717) is 0 Å². The highest BCUT2D eigenvalue weighted by molar-refractivity contribution is 6.12. The molecule has 0 N–H and O–H groups in total. The molecule has 312 valence electrons. The second-order valence-electron chi connectivity index (χ2n) is 17.1. The molecular weight excluding hydrogens is 799 g/mol. The fourth-order valence-corrected chi connectivity index (χ4v) is 9.79. The maximum Gasteiger partial charge on any atom is 0.0542 e. The summed E-state index contributed by atoms with van der Waals surface area (Å²) >= 11 is 0. The van der Waals surface area contributed by atoms with Gasteiger partial charge in [-0.05, 0) is 136 Å². The first kappa shape index (κ1) is 39.0. The van der Waals surface area contributed by atoms with Crippen LogP contribution in [-0.4, -0.2) is 4.57 Å². The Labute approximate surface area is 385 Å². The van der Waals surface area contributed by atoms with Crippen molar-refractivity contribution in [2.24, 2.45) is 0 Å². The fourth-order valence-electron chi connectivity index (χ4n) is 9.79. The maximum absolute atomic E-state index is 2.42. The predicted molar refractivity (Wildman–Crippen MR) is 281 cm³/mol. The number of fused-ring (bicyclic) bond motifs is 5. The third kappa shape index (κ3) is 6.95. The first-order valence-electron chi connectivity index (χ1n) is 22.7. The summed E-state index contributed by atoms with van der Waals surface area (Å²) < 4.78 is 2.38. The van der Waals surface area contributed by atoms with E-state index < -0.39 is 0 Å². The Morgan fingerprint density at radius 3 is 1.56 bits per heavy atom. The molecule has 12 aromatic rings. The molecule has 0 bridgehead atoms. The summed E-state index contributed by atoms with van der Waals surface area (Å²) in [4.78, 5) is 4.78. The average Bonchev–Trinajstić information content (AvgIpc) is 3.72. The second-order valence-corrected chi connectivity index (χ2v) is 17.1. The molecule has 0 aliphatic carbocycles. The van der Waals surface area contributed by atoms with E-state index in [1.54, 1.807) is 0 Å². The van der Waals surface area contributed by atoms with Crippen LogP contribution in [0.4, 0.5) is 34.1 Å². The summed E-state index contributed by atoms with van der Waals surface area (Å²) in [6, 6.07) is 92.6. The van der Waals surface area contributed by atoms with Gasteiger partial charge in [0.1, 0.15) is 0 Å². The molecule has 0 aliphatic heterocycles. The van der Waals surface area contributed by atoms with Crippen LogP contribution in [0, 0.1) is 6.92 Å². The molecule has 3 nitrogen and oxygen atoms in total. The van der Waals surface area contributed by atoms with E-state index in [0.717, 1.165) is 45.4 Å². The SMILES string of the molecule is Cc1ccc(N(c2ccc3c(c2)c2ccccc2n3-c2ccccc2)c2ccc(-c3ccc(N(c4ccc(-c5ccccc5)cc4)c4ccc5ccccc5c4)cc3)c3ccccc23)cc1. The third-order valence-electron chi connectivity index (χ3n) is 13.0. The first-order valence-corrected chi connectivity index (χ1v) is 22.7. The predicted octanol–water partition coefficient (Wildman–Crippen LogP) is 17.7. The van der Waals surface area contributed by atoms with Gasteiger partial charge in [-0.25, -0.2) is 0 Å². The van der Waals surface area contributed by atoms with Crippen molar-refractivity contribution in [3.8, 4) is 27.9 Å². The highest BCUT2D eigenvalue weighted by Crippen LogP contribution is 2.45. The lowest BCUT2D eigenvalue weighted by Gasteiger charge is -2.28. The zero-order valence-electron chi connectivity index (χ0n) is 36.6. The van der Waals surface area contributed by atoms with Crippen molar-refractivity contribution in [3.63, 3.8) is 0 Å². The highest BCUT2D eigenvalue weighted by atomic mass is 15.1. The van der Waals surface area contributed by atoms with E-state index in [1.165, 1.54) is 65.6 Å². The highest BCUT2D eigenvalue weighted by Gasteiger charge is 2.21. The summed E-state index contributed by atoms with van der Waals surface area (Å²) in [5, 5.41) is 7.27. The van der Waals surface area contributed by atoms with Gasteiger partial charge in [0.25, 0.3) is 0 Å². The molecule has 0 amide bonds. The Morgan fingerprint density at radius 2 is 0.818 bits per heavy atom. The van der Waals surface area contributed by atoms with Crippen molar-refractivity contribution < 1.29 is 0 Å².